The quantitative estimate of drug-likeness (QED) is 0.551. The van der Waals surface area contributed by atoms with Crippen LogP contribution in [0.4, 0.5) is 0 Å². The van der Waals surface area contributed by atoms with E-state index in [0.717, 1.165) is 21.5 Å². The van der Waals surface area contributed by atoms with Gasteiger partial charge in [0.05, 0.1) is 0 Å². The molecular weight excluding hydrogens is 196 g/mol. The molecule has 0 aliphatic carbocycles. The molecule has 1 heteroatoms. The van der Waals surface area contributed by atoms with Crippen molar-refractivity contribution < 1.29 is 0 Å². The molecule has 1 nitrogen and oxygen atoms in total. The third-order valence-corrected chi connectivity index (χ3v) is 2.85. The van der Waals surface area contributed by atoms with Gasteiger partial charge in [-0.2, -0.15) is 0 Å². The molecule has 0 saturated heterocycles. The lowest BCUT2D eigenvalue weighted by Crippen LogP contribution is -1.97. The average molecular weight is 206 g/mol. The van der Waals surface area contributed by atoms with Crippen molar-refractivity contribution in [2.45, 2.75) is 0 Å². The van der Waals surface area contributed by atoms with Gasteiger partial charge in [-0.25, -0.2) is 0 Å². The van der Waals surface area contributed by atoms with Gasteiger partial charge in [0.1, 0.15) is 0 Å². The fourth-order valence-electron chi connectivity index (χ4n) is 2.02. The van der Waals surface area contributed by atoms with E-state index in [1.807, 2.05) is 60.7 Å². The van der Waals surface area contributed by atoms with Crippen LogP contribution in [0.25, 0.3) is 21.5 Å². The van der Waals surface area contributed by atoms with Crippen molar-refractivity contribution in [2.75, 3.05) is 0 Å². The molecule has 3 aromatic carbocycles. The topological polar surface area (TPSA) is 17.1 Å². The summed E-state index contributed by atoms with van der Waals surface area (Å²) in [5.41, 5.74) is 0.108. The number of hydrogen-bond acceptors (Lipinski definition) is 1. The molecule has 16 heavy (non-hydrogen) atoms. The van der Waals surface area contributed by atoms with Crippen molar-refractivity contribution in [1.82, 2.24) is 0 Å². The summed E-state index contributed by atoms with van der Waals surface area (Å²) in [7, 11) is 0. The second-order valence-corrected chi connectivity index (χ2v) is 3.84. The van der Waals surface area contributed by atoms with Crippen LogP contribution in [0, 0.1) is 0 Å². The first kappa shape index (κ1) is 9.10. The van der Waals surface area contributed by atoms with E-state index in [1.54, 1.807) is 0 Å². The van der Waals surface area contributed by atoms with Crippen LogP contribution in [0.1, 0.15) is 0 Å². The highest BCUT2D eigenvalue weighted by Crippen LogP contribution is 2.14. The van der Waals surface area contributed by atoms with Crippen LogP contribution in [-0.4, -0.2) is 0 Å². The van der Waals surface area contributed by atoms with E-state index < -0.39 is 0 Å². The van der Waals surface area contributed by atoms with Gasteiger partial charge in [0.15, 0.2) is 5.43 Å². The highest BCUT2D eigenvalue weighted by molar-refractivity contribution is 5.92. The summed E-state index contributed by atoms with van der Waals surface area (Å²) in [6.07, 6.45) is 0. The van der Waals surface area contributed by atoms with Gasteiger partial charge in [-0.3, -0.25) is 4.79 Å². The predicted octanol–water partition coefficient (Wildman–Crippen LogP) is 3.35. The molecule has 0 spiro atoms. The molecule has 0 heterocycles. The summed E-state index contributed by atoms with van der Waals surface area (Å²) in [6, 6.07) is 19.4. The smallest absolute Gasteiger partial charge is 0.194 e. The highest BCUT2D eigenvalue weighted by atomic mass is 16.1. The van der Waals surface area contributed by atoms with Gasteiger partial charge >= 0.3 is 0 Å². The largest absolute Gasteiger partial charge is 0.289 e. The summed E-state index contributed by atoms with van der Waals surface area (Å²) >= 11 is 0. The molecule has 0 bridgehead atoms. The minimum atomic E-state index is 0.108. The zero-order valence-corrected chi connectivity index (χ0v) is 8.68. The molecule has 0 aromatic heterocycles. The lowest BCUT2D eigenvalue weighted by atomic mass is 10.1. The molecule has 0 aliphatic rings. The molecule has 0 saturated carbocycles. The van der Waals surface area contributed by atoms with Crippen LogP contribution in [0.2, 0.25) is 0 Å². The number of hydrogen-bond donors (Lipinski definition) is 0. The van der Waals surface area contributed by atoms with E-state index in [1.165, 1.54) is 0 Å². The molecule has 0 atom stereocenters. The third kappa shape index (κ3) is 1.29. The average Bonchev–Trinajstić information content (AvgIpc) is 2.49. The second-order valence-electron chi connectivity index (χ2n) is 3.84. The highest BCUT2D eigenvalue weighted by Gasteiger charge is 1.99. The van der Waals surface area contributed by atoms with Crippen molar-refractivity contribution >= 4 is 21.5 Å². The molecule has 0 aliphatic heterocycles. The first-order valence-corrected chi connectivity index (χ1v) is 5.27. The Hall–Kier alpha value is -2.15. The van der Waals surface area contributed by atoms with E-state index in [9.17, 15) is 4.79 Å². The fourth-order valence-corrected chi connectivity index (χ4v) is 2.02. The Bertz CT molecular complexity index is 668. The standard InChI is InChI=1S/C15H10O/c16-15-13-7-3-1-5-11(13)9-10-12-6-2-4-8-14(12)15/h1-10H. The van der Waals surface area contributed by atoms with Crippen molar-refractivity contribution in [3.63, 3.8) is 0 Å². The number of rotatable bonds is 0. The first-order chi connectivity index (χ1) is 7.86. The van der Waals surface area contributed by atoms with Crippen molar-refractivity contribution in [3.8, 4) is 0 Å². The van der Waals surface area contributed by atoms with Crippen molar-refractivity contribution in [2.24, 2.45) is 0 Å². The molecule has 3 rings (SSSR count). The molecule has 0 unspecified atom stereocenters. The summed E-state index contributed by atoms with van der Waals surface area (Å²) in [5, 5.41) is 3.54. The maximum Gasteiger partial charge on any atom is 0.194 e. The van der Waals surface area contributed by atoms with E-state index in [0.29, 0.717) is 0 Å². The summed E-state index contributed by atoms with van der Waals surface area (Å²) in [5.74, 6) is 0. The molecular formula is C15H10O. The summed E-state index contributed by atoms with van der Waals surface area (Å²) in [4.78, 5) is 12.3. The SMILES string of the molecule is O=c1c2ccccc2ccc2ccccc12. The van der Waals surface area contributed by atoms with Crippen LogP contribution < -0.4 is 5.43 Å². The zero-order valence-electron chi connectivity index (χ0n) is 8.68. The Morgan fingerprint density at radius 3 is 1.50 bits per heavy atom. The molecule has 0 N–H and O–H groups in total. The minimum absolute atomic E-state index is 0.108. The Morgan fingerprint density at radius 1 is 0.562 bits per heavy atom. The zero-order chi connectivity index (χ0) is 11.0. The van der Waals surface area contributed by atoms with Crippen LogP contribution in [0.3, 0.4) is 0 Å². The monoisotopic (exact) mass is 206 g/mol. The van der Waals surface area contributed by atoms with Crippen molar-refractivity contribution in [3.05, 3.63) is 70.9 Å². The third-order valence-electron chi connectivity index (χ3n) is 2.85. The first-order valence-electron chi connectivity index (χ1n) is 5.27. The van der Waals surface area contributed by atoms with Gasteiger partial charge in [-0.05, 0) is 10.8 Å². The van der Waals surface area contributed by atoms with Crippen LogP contribution in [0.15, 0.2) is 65.5 Å². The van der Waals surface area contributed by atoms with Gasteiger partial charge in [0, 0.05) is 10.8 Å². The van der Waals surface area contributed by atoms with Crippen LogP contribution in [-0.2, 0) is 0 Å². The predicted molar refractivity (Wildman–Crippen MR) is 67.7 cm³/mol. The van der Waals surface area contributed by atoms with Gasteiger partial charge < -0.3 is 0 Å². The summed E-state index contributed by atoms with van der Waals surface area (Å²) in [6.45, 7) is 0. The maximum atomic E-state index is 12.3. The van der Waals surface area contributed by atoms with Gasteiger partial charge in [-0.1, -0.05) is 60.7 Å². The van der Waals surface area contributed by atoms with Crippen LogP contribution >= 0.6 is 0 Å². The van der Waals surface area contributed by atoms with Gasteiger partial charge in [-0.15, -0.1) is 0 Å². The minimum Gasteiger partial charge on any atom is -0.289 e. The second kappa shape index (κ2) is 3.46. The molecule has 0 amide bonds. The molecule has 0 radical (unpaired) electrons. The molecule has 76 valence electrons. The van der Waals surface area contributed by atoms with E-state index in [4.69, 9.17) is 0 Å². The Labute approximate surface area is 93.0 Å². The van der Waals surface area contributed by atoms with E-state index in [2.05, 4.69) is 0 Å². The number of fused-ring (bicyclic) bond motifs is 2. The van der Waals surface area contributed by atoms with E-state index >= 15 is 0 Å². The molecule has 0 fully saturated rings. The lowest BCUT2D eigenvalue weighted by Gasteiger charge is -1.90. The maximum absolute atomic E-state index is 12.3. The Morgan fingerprint density at radius 2 is 1.00 bits per heavy atom. The van der Waals surface area contributed by atoms with Gasteiger partial charge in [0.25, 0.3) is 0 Å². The van der Waals surface area contributed by atoms with Gasteiger partial charge in [0.2, 0.25) is 0 Å². The summed E-state index contributed by atoms with van der Waals surface area (Å²) < 4.78 is 0. The normalized spacial score (nSPS) is 10.8. The fraction of sp³-hybridized carbons (Fsp3) is 0. The van der Waals surface area contributed by atoms with E-state index in [-0.39, 0.29) is 5.43 Å². The lowest BCUT2D eigenvalue weighted by molar-refractivity contribution is 1.75. The molecule has 3 aromatic rings. The van der Waals surface area contributed by atoms with Crippen molar-refractivity contribution in [1.29, 1.82) is 0 Å². The number of benzene rings is 2. The van der Waals surface area contributed by atoms with Crippen LogP contribution in [0.5, 0.6) is 0 Å². The Balaban J connectivity index is 2.69. The Kier molecular flexibility index (Phi) is 1.97.